The van der Waals surface area contributed by atoms with Gasteiger partial charge in [0.15, 0.2) is 0 Å². The Morgan fingerprint density at radius 2 is 2.31 bits per heavy atom. The molecule has 1 aliphatic carbocycles. The van der Waals surface area contributed by atoms with E-state index in [1.165, 1.54) is 18.5 Å². The summed E-state index contributed by atoms with van der Waals surface area (Å²) in [4.78, 5) is 3.83. The van der Waals surface area contributed by atoms with Crippen molar-refractivity contribution in [1.82, 2.24) is 9.71 Å². The fourth-order valence-electron chi connectivity index (χ4n) is 1.59. The van der Waals surface area contributed by atoms with Crippen molar-refractivity contribution in [1.29, 1.82) is 0 Å². The lowest BCUT2D eigenvalue weighted by Crippen LogP contribution is -2.27. The summed E-state index contributed by atoms with van der Waals surface area (Å²) in [5, 5.41) is 0. The zero-order valence-electron chi connectivity index (χ0n) is 9.05. The Morgan fingerprint density at radius 1 is 1.62 bits per heavy atom. The molecule has 5 nitrogen and oxygen atoms in total. The highest BCUT2D eigenvalue weighted by molar-refractivity contribution is 7.89. The zero-order chi connectivity index (χ0) is 11.8. The van der Waals surface area contributed by atoms with Gasteiger partial charge in [0.1, 0.15) is 4.90 Å². The van der Waals surface area contributed by atoms with Gasteiger partial charge in [0.25, 0.3) is 0 Å². The summed E-state index contributed by atoms with van der Waals surface area (Å²) in [6, 6.07) is 1.48. The summed E-state index contributed by atoms with van der Waals surface area (Å²) in [5.41, 5.74) is 5.82. The number of sulfonamides is 1. The standard InChI is InChI=1S/C10H15N3O2S/c1-7-4-8(7)5-13-16(14,15)10-6-12-3-2-9(10)11/h2-3,6-8,13H,4-5H2,1H3,(H2,11,12). The van der Waals surface area contributed by atoms with E-state index in [1.807, 2.05) is 0 Å². The molecule has 3 N–H and O–H groups in total. The molecule has 1 aromatic heterocycles. The van der Waals surface area contributed by atoms with Gasteiger partial charge in [0, 0.05) is 18.9 Å². The molecule has 1 aromatic rings. The number of rotatable bonds is 4. The normalized spacial score (nSPS) is 24.3. The average molecular weight is 241 g/mol. The van der Waals surface area contributed by atoms with Crippen LogP contribution in [-0.4, -0.2) is 19.9 Å². The van der Waals surface area contributed by atoms with Crippen LogP contribution in [0, 0.1) is 11.8 Å². The lowest BCUT2D eigenvalue weighted by molar-refractivity contribution is 0.574. The van der Waals surface area contributed by atoms with E-state index in [4.69, 9.17) is 5.73 Å². The molecule has 1 fully saturated rings. The van der Waals surface area contributed by atoms with Crippen LogP contribution in [0.2, 0.25) is 0 Å². The van der Waals surface area contributed by atoms with Crippen molar-refractivity contribution in [3.05, 3.63) is 18.5 Å². The van der Waals surface area contributed by atoms with Gasteiger partial charge >= 0.3 is 0 Å². The Morgan fingerprint density at radius 3 is 2.88 bits per heavy atom. The van der Waals surface area contributed by atoms with Gasteiger partial charge in [-0.25, -0.2) is 13.1 Å². The first-order valence-electron chi connectivity index (χ1n) is 5.20. The van der Waals surface area contributed by atoms with Crippen LogP contribution in [0.3, 0.4) is 0 Å². The van der Waals surface area contributed by atoms with Gasteiger partial charge in [-0.15, -0.1) is 0 Å². The molecule has 0 aliphatic heterocycles. The highest BCUT2D eigenvalue weighted by atomic mass is 32.2. The maximum absolute atomic E-state index is 11.9. The highest BCUT2D eigenvalue weighted by Crippen LogP contribution is 2.37. The summed E-state index contributed by atoms with van der Waals surface area (Å²) in [7, 11) is -3.51. The number of anilines is 1. The molecule has 2 atom stereocenters. The van der Waals surface area contributed by atoms with Crippen LogP contribution in [0.25, 0.3) is 0 Å². The molecule has 0 bridgehead atoms. The third-order valence-electron chi connectivity index (χ3n) is 2.92. The first kappa shape index (κ1) is 11.3. The van der Waals surface area contributed by atoms with Crippen molar-refractivity contribution in [3.8, 4) is 0 Å². The number of nitrogens with zero attached hydrogens (tertiary/aromatic N) is 1. The summed E-state index contributed by atoms with van der Waals surface area (Å²) < 4.78 is 26.3. The number of pyridine rings is 1. The van der Waals surface area contributed by atoms with Crippen LogP contribution >= 0.6 is 0 Å². The summed E-state index contributed by atoms with van der Waals surface area (Å²) in [5.74, 6) is 1.08. The fraction of sp³-hybridized carbons (Fsp3) is 0.500. The lowest BCUT2D eigenvalue weighted by Gasteiger charge is -2.07. The maximum atomic E-state index is 11.9. The SMILES string of the molecule is CC1CC1CNS(=O)(=O)c1cnccc1N. The Labute approximate surface area is 95.1 Å². The van der Waals surface area contributed by atoms with Gasteiger partial charge < -0.3 is 5.73 Å². The molecule has 16 heavy (non-hydrogen) atoms. The van der Waals surface area contributed by atoms with E-state index in [-0.39, 0.29) is 10.6 Å². The first-order chi connectivity index (χ1) is 7.50. The van der Waals surface area contributed by atoms with Crippen molar-refractivity contribution in [2.24, 2.45) is 11.8 Å². The van der Waals surface area contributed by atoms with Crippen LogP contribution < -0.4 is 10.5 Å². The predicted octanol–water partition coefficient (Wildman–Crippen LogP) is 0.598. The smallest absolute Gasteiger partial charge is 0.244 e. The molecule has 0 saturated heterocycles. The van der Waals surface area contributed by atoms with Crippen LogP contribution in [0.15, 0.2) is 23.4 Å². The Balaban J connectivity index is 2.10. The predicted molar refractivity (Wildman–Crippen MR) is 61.1 cm³/mol. The second-order valence-corrected chi connectivity index (χ2v) is 5.97. The van der Waals surface area contributed by atoms with Gasteiger partial charge in [0.2, 0.25) is 10.0 Å². The molecule has 2 unspecified atom stereocenters. The number of hydrogen-bond acceptors (Lipinski definition) is 4. The zero-order valence-corrected chi connectivity index (χ0v) is 9.87. The maximum Gasteiger partial charge on any atom is 0.244 e. The molecule has 1 aliphatic rings. The molecule has 0 radical (unpaired) electrons. The van der Waals surface area contributed by atoms with Crippen molar-refractivity contribution >= 4 is 15.7 Å². The fourth-order valence-corrected chi connectivity index (χ4v) is 2.76. The van der Waals surface area contributed by atoms with E-state index in [2.05, 4.69) is 16.6 Å². The van der Waals surface area contributed by atoms with Crippen molar-refractivity contribution in [2.45, 2.75) is 18.2 Å². The minimum atomic E-state index is -3.51. The van der Waals surface area contributed by atoms with E-state index in [0.717, 1.165) is 6.42 Å². The van der Waals surface area contributed by atoms with Crippen LogP contribution in [0.1, 0.15) is 13.3 Å². The van der Waals surface area contributed by atoms with Crippen LogP contribution in [0.4, 0.5) is 5.69 Å². The van der Waals surface area contributed by atoms with Crippen LogP contribution in [-0.2, 0) is 10.0 Å². The minimum Gasteiger partial charge on any atom is -0.398 e. The third kappa shape index (κ3) is 2.33. The first-order valence-corrected chi connectivity index (χ1v) is 6.68. The number of aromatic nitrogens is 1. The number of hydrogen-bond donors (Lipinski definition) is 2. The van der Waals surface area contributed by atoms with Gasteiger partial charge in [-0.2, -0.15) is 0 Å². The van der Waals surface area contributed by atoms with Gasteiger partial charge in [-0.05, 0) is 24.3 Å². The van der Waals surface area contributed by atoms with E-state index >= 15 is 0 Å². The molecule has 0 aromatic carbocycles. The van der Waals surface area contributed by atoms with Crippen molar-refractivity contribution < 1.29 is 8.42 Å². The van der Waals surface area contributed by atoms with Gasteiger partial charge in [-0.3, -0.25) is 4.98 Å². The molecule has 0 spiro atoms. The van der Waals surface area contributed by atoms with Crippen molar-refractivity contribution in [2.75, 3.05) is 12.3 Å². The van der Waals surface area contributed by atoms with E-state index in [0.29, 0.717) is 18.4 Å². The van der Waals surface area contributed by atoms with Crippen molar-refractivity contribution in [3.63, 3.8) is 0 Å². The summed E-state index contributed by atoms with van der Waals surface area (Å²) in [6.45, 7) is 2.59. The van der Waals surface area contributed by atoms with Crippen LogP contribution in [0.5, 0.6) is 0 Å². The number of nitrogen functional groups attached to an aromatic ring is 1. The molecule has 0 amide bonds. The largest absolute Gasteiger partial charge is 0.398 e. The third-order valence-corrected chi connectivity index (χ3v) is 4.38. The lowest BCUT2D eigenvalue weighted by atomic mass is 10.3. The van der Waals surface area contributed by atoms with Gasteiger partial charge in [0.05, 0.1) is 5.69 Å². The average Bonchev–Trinajstić information content (AvgIpc) is 2.92. The van der Waals surface area contributed by atoms with Gasteiger partial charge in [-0.1, -0.05) is 6.92 Å². The Kier molecular flexibility index (Phi) is 2.86. The summed E-state index contributed by atoms with van der Waals surface area (Å²) in [6.07, 6.45) is 3.83. The molecule has 88 valence electrons. The second kappa shape index (κ2) is 4.03. The molecule has 1 heterocycles. The monoisotopic (exact) mass is 241 g/mol. The molecule has 1 saturated carbocycles. The second-order valence-electron chi connectivity index (χ2n) is 4.24. The van der Waals surface area contributed by atoms with E-state index in [1.54, 1.807) is 0 Å². The molecule has 2 rings (SSSR count). The van der Waals surface area contributed by atoms with E-state index < -0.39 is 10.0 Å². The Hall–Kier alpha value is -1.14. The number of nitrogens with one attached hydrogen (secondary N) is 1. The summed E-state index contributed by atoms with van der Waals surface area (Å²) >= 11 is 0. The molecular formula is C10H15N3O2S. The molecule has 6 heteroatoms. The minimum absolute atomic E-state index is 0.0586. The Bertz CT molecular complexity index is 487. The molecular weight excluding hydrogens is 226 g/mol. The van der Waals surface area contributed by atoms with E-state index in [9.17, 15) is 8.42 Å². The quantitative estimate of drug-likeness (QED) is 0.808. The highest BCUT2D eigenvalue weighted by Gasteiger charge is 2.33. The number of nitrogens with two attached hydrogens (primary N) is 1. The topological polar surface area (TPSA) is 85.1 Å².